The maximum atomic E-state index is 5.84. The van der Waals surface area contributed by atoms with Crippen molar-refractivity contribution in [3.8, 4) is 0 Å². The van der Waals surface area contributed by atoms with Crippen LogP contribution in [0, 0.1) is 11.8 Å². The summed E-state index contributed by atoms with van der Waals surface area (Å²) in [4.78, 5) is 0. The molecular formula is C11H21N. The van der Waals surface area contributed by atoms with Gasteiger partial charge < -0.3 is 5.73 Å². The van der Waals surface area contributed by atoms with Gasteiger partial charge in [0, 0.05) is 6.04 Å². The topological polar surface area (TPSA) is 26.0 Å². The first kappa shape index (κ1) is 9.79. The van der Waals surface area contributed by atoms with Crippen LogP contribution in [0.2, 0.25) is 0 Å². The van der Waals surface area contributed by atoms with Crippen LogP contribution < -0.4 is 5.73 Å². The molecule has 1 rings (SSSR count). The molecule has 0 aromatic heterocycles. The highest BCUT2D eigenvalue weighted by Crippen LogP contribution is 2.25. The number of hydrogen-bond acceptors (Lipinski definition) is 1. The first-order valence-electron chi connectivity index (χ1n) is 5.10. The van der Waals surface area contributed by atoms with Crippen molar-refractivity contribution in [3.63, 3.8) is 0 Å². The van der Waals surface area contributed by atoms with Gasteiger partial charge in [-0.05, 0) is 44.4 Å². The molecule has 0 saturated carbocycles. The number of hydrogen-bond donors (Lipinski definition) is 1. The number of nitrogens with two attached hydrogens (primary N) is 1. The predicted octanol–water partition coefficient (Wildman–Crippen LogP) is 2.72. The van der Waals surface area contributed by atoms with E-state index in [1.165, 1.54) is 25.7 Å². The van der Waals surface area contributed by atoms with Crippen molar-refractivity contribution in [3.05, 3.63) is 12.2 Å². The second-order valence-electron chi connectivity index (χ2n) is 4.22. The van der Waals surface area contributed by atoms with Gasteiger partial charge in [-0.3, -0.25) is 0 Å². The standard InChI is InChI=1S/C11H21N/c1-9(10(2)12)8-11-6-4-3-5-7-11/h3-4,9-11H,5-8,12H2,1-2H3. The van der Waals surface area contributed by atoms with Gasteiger partial charge in [-0.2, -0.15) is 0 Å². The fourth-order valence-electron chi connectivity index (χ4n) is 1.81. The molecule has 0 aromatic carbocycles. The molecule has 0 bridgehead atoms. The second-order valence-corrected chi connectivity index (χ2v) is 4.22. The van der Waals surface area contributed by atoms with Gasteiger partial charge in [0.2, 0.25) is 0 Å². The zero-order chi connectivity index (χ0) is 8.97. The van der Waals surface area contributed by atoms with E-state index in [4.69, 9.17) is 5.73 Å². The second kappa shape index (κ2) is 4.66. The number of rotatable bonds is 3. The zero-order valence-corrected chi connectivity index (χ0v) is 8.29. The molecule has 1 aliphatic rings. The summed E-state index contributed by atoms with van der Waals surface area (Å²) in [5.41, 5.74) is 5.84. The van der Waals surface area contributed by atoms with Gasteiger partial charge in [-0.1, -0.05) is 19.1 Å². The van der Waals surface area contributed by atoms with Crippen molar-refractivity contribution < 1.29 is 0 Å². The lowest BCUT2D eigenvalue weighted by Gasteiger charge is -2.23. The fraction of sp³-hybridized carbons (Fsp3) is 0.818. The van der Waals surface area contributed by atoms with E-state index < -0.39 is 0 Å². The molecule has 2 N–H and O–H groups in total. The van der Waals surface area contributed by atoms with Crippen LogP contribution in [0.4, 0.5) is 0 Å². The summed E-state index contributed by atoms with van der Waals surface area (Å²) in [6.45, 7) is 4.38. The smallest absolute Gasteiger partial charge is 0.00362 e. The highest BCUT2D eigenvalue weighted by atomic mass is 14.6. The Labute approximate surface area is 76.0 Å². The van der Waals surface area contributed by atoms with Crippen molar-refractivity contribution in [1.82, 2.24) is 0 Å². The van der Waals surface area contributed by atoms with Gasteiger partial charge in [0.05, 0.1) is 0 Å². The van der Waals surface area contributed by atoms with Crippen LogP contribution in [0.25, 0.3) is 0 Å². The summed E-state index contributed by atoms with van der Waals surface area (Å²) < 4.78 is 0. The first-order valence-corrected chi connectivity index (χ1v) is 5.10. The van der Waals surface area contributed by atoms with Crippen LogP contribution in [-0.2, 0) is 0 Å². The lowest BCUT2D eigenvalue weighted by molar-refractivity contribution is 0.335. The monoisotopic (exact) mass is 167 g/mol. The lowest BCUT2D eigenvalue weighted by Crippen LogP contribution is -2.26. The van der Waals surface area contributed by atoms with Gasteiger partial charge in [0.15, 0.2) is 0 Å². The van der Waals surface area contributed by atoms with Crippen LogP contribution in [-0.4, -0.2) is 6.04 Å². The third kappa shape index (κ3) is 2.98. The molecule has 0 fully saturated rings. The third-order valence-electron chi connectivity index (χ3n) is 2.98. The molecule has 0 radical (unpaired) electrons. The molecule has 12 heavy (non-hydrogen) atoms. The van der Waals surface area contributed by atoms with Crippen LogP contribution in [0.5, 0.6) is 0 Å². The van der Waals surface area contributed by atoms with Gasteiger partial charge in [0.1, 0.15) is 0 Å². The van der Waals surface area contributed by atoms with Crippen LogP contribution in [0.1, 0.15) is 39.5 Å². The molecule has 3 unspecified atom stereocenters. The minimum Gasteiger partial charge on any atom is -0.328 e. The van der Waals surface area contributed by atoms with Crippen molar-refractivity contribution in [2.24, 2.45) is 17.6 Å². The van der Waals surface area contributed by atoms with E-state index in [0.29, 0.717) is 12.0 Å². The molecule has 0 aromatic rings. The average molecular weight is 167 g/mol. The van der Waals surface area contributed by atoms with Gasteiger partial charge in [-0.25, -0.2) is 0 Å². The van der Waals surface area contributed by atoms with Crippen molar-refractivity contribution in [1.29, 1.82) is 0 Å². The molecule has 3 atom stereocenters. The third-order valence-corrected chi connectivity index (χ3v) is 2.98. The SMILES string of the molecule is CC(N)C(C)CC1CC=CCC1. The fourth-order valence-corrected chi connectivity index (χ4v) is 1.81. The molecule has 0 amide bonds. The van der Waals surface area contributed by atoms with Crippen molar-refractivity contribution in [2.75, 3.05) is 0 Å². The summed E-state index contributed by atoms with van der Waals surface area (Å²) >= 11 is 0. The van der Waals surface area contributed by atoms with E-state index in [-0.39, 0.29) is 0 Å². The maximum absolute atomic E-state index is 5.84. The minimum absolute atomic E-state index is 0.357. The van der Waals surface area contributed by atoms with Crippen molar-refractivity contribution in [2.45, 2.75) is 45.6 Å². The van der Waals surface area contributed by atoms with Gasteiger partial charge in [-0.15, -0.1) is 0 Å². The normalized spacial score (nSPS) is 28.4. The Kier molecular flexibility index (Phi) is 3.80. The minimum atomic E-state index is 0.357. The number of allylic oxidation sites excluding steroid dienone is 2. The van der Waals surface area contributed by atoms with Gasteiger partial charge in [0.25, 0.3) is 0 Å². The summed E-state index contributed by atoms with van der Waals surface area (Å²) in [5, 5.41) is 0. The Bertz CT molecular complexity index is 149. The summed E-state index contributed by atoms with van der Waals surface area (Å²) in [6.07, 6.45) is 9.85. The van der Waals surface area contributed by atoms with E-state index in [0.717, 1.165) is 5.92 Å². The van der Waals surface area contributed by atoms with Gasteiger partial charge >= 0.3 is 0 Å². The van der Waals surface area contributed by atoms with Crippen LogP contribution in [0.3, 0.4) is 0 Å². The summed E-state index contributed by atoms with van der Waals surface area (Å²) in [6, 6.07) is 0.357. The molecule has 0 aliphatic heterocycles. The zero-order valence-electron chi connectivity index (χ0n) is 8.29. The summed E-state index contributed by atoms with van der Waals surface area (Å²) in [5.74, 6) is 1.58. The van der Waals surface area contributed by atoms with Crippen LogP contribution >= 0.6 is 0 Å². The highest BCUT2D eigenvalue weighted by molar-refractivity contribution is 4.90. The highest BCUT2D eigenvalue weighted by Gasteiger charge is 2.15. The van der Waals surface area contributed by atoms with E-state index in [9.17, 15) is 0 Å². The Morgan fingerprint density at radius 1 is 1.42 bits per heavy atom. The Hall–Kier alpha value is -0.300. The molecule has 1 nitrogen and oxygen atoms in total. The molecular weight excluding hydrogens is 146 g/mol. The summed E-state index contributed by atoms with van der Waals surface area (Å²) in [7, 11) is 0. The largest absolute Gasteiger partial charge is 0.328 e. The van der Waals surface area contributed by atoms with E-state index in [1.807, 2.05) is 0 Å². The molecule has 0 saturated heterocycles. The maximum Gasteiger partial charge on any atom is 0.00362 e. The Balaban J connectivity index is 2.25. The first-order chi connectivity index (χ1) is 5.70. The lowest BCUT2D eigenvalue weighted by atomic mass is 9.84. The van der Waals surface area contributed by atoms with E-state index in [2.05, 4.69) is 26.0 Å². The quantitative estimate of drug-likeness (QED) is 0.643. The molecule has 70 valence electrons. The Morgan fingerprint density at radius 2 is 2.17 bits per heavy atom. The van der Waals surface area contributed by atoms with E-state index >= 15 is 0 Å². The van der Waals surface area contributed by atoms with Crippen molar-refractivity contribution >= 4 is 0 Å². The Morgan fingerprint density at radius 3 is 2.67 bits per heavy atom. The molecule has 0 spiro atoms. The van der Waals surface area contributed by atoms with E-state index in [1.54, 1.807) is 0 Å². The average Bonchev–Trinajstić information content (AvgIpc) is 2.06. The predicted molar refractivity (Wildman–Crippen MR) is 53.9 cm³/mol. The molecule has 0 heterocycles. The van der Waals surface area contributed by atoms with Crippen LogP contribution in [0.15, 0.2) is 12.2 Å². The molecule has 1 heteroatoms. The molecule has 1 aliphatic carbocycles.